The number of ether oxygens (including phenoxy) is 1. The molecule has 0 spiro atoms. The second-order valence-corrected chi connectivity index (χ2v) is 10.1. The highest BCUT2D eigenvalue weighted by Gasteiger charge is 2.45. The SMILES string of the molecule is Cc1cccc(C(=O)Nc2nc(O)c3ncn([C@@H]4O[C@H](COP(=O)(O)S)[C@@H](O)[C@H]4O)c3n2)c1. The molecule has 0 aliphatic carbocycles. The maximum atomic E-state index is 12.5. The minimum Gasteiger partial charge on any atom is -0.492 e. The number of hydrogen-bond donors (Lipinski definition) is 6. The summed E-state index contributed by atoms with van der Waals surface area (Å²) < 4.78 is 22.7. The molecule has 1 unspecified atom stereocenters. The van der Waals surface area contributed by atoms with Crippen molar-refractivity contribution in [1.29, 1.82) is 0 Å². The lowest BCUT2D eigenvalue weighted by atomic mass is 10.1. The van der Waals surface area contributed by atoms with E-state index in [1.807, 2.05) is 13.0 Å². The largest absolute Gasteiger partial charge is 0.492 e. The second-order valence-electron chi connectivity index (χ2n) is 7.35. The molecule has 1 aliphatic heterocycles. The third-order valence-corrected chi connectivity index (χ3v) is 5.76. The summed E-state index contributed by atoms with van der Waals surface area (Å²) in [6.45, 7) is -2.81. The van der Waals surface area contributed by atoms with Gasteiger partial charge in [0.2, 0.25) is 11.8 Å². The summed E-state index contributed by atoms with van der Waals surface area (Å²) in [5.41, 5.74) is 1.20. The van der Waals surface area contributed by atoms with E-state index in [9.17, 15) is 24.7 Å². The van der Waals surface area contributed by atoms with E-state index in [4.69, 9.17) is 9.63 Å². The molecular weight excluding hydrogens is 477 g/mol. The Labute approximate surface area is 191 Å². The summed E-state index contributed by atoms with van der Waals surface area (Å²) in [5, 5.41) is 33.4. The summed E-state index contributed by atoms with van der Waals surface area (Å²) in [6.07, 6.45) is -4.15. The first-order chi connectivity index (χ1) is 15.5. The van der Waals surface area contributed by atoms with Crippen LogP contribution in [0.4, 0.5) is 5.95 Å². The van der Waals surface area contributed by atoms with Crippen LogP contribution in [0.15, 0.2) is 30.6 Å². The summed E-state index contributed by atoms with van der Waals surface area (Å²) >= 11 is 3.39. The van der Waals surface area contributed by atoms with Crippen molar-refractivity contribution in [3.05, 3.63) is 41.7 Å². The Morgan fingerprint density at radius 3 is 2.79 bits per heavy atom. The lowest BCUT2D eigenvalue weighted by molar-refractivity contribution is -0.0478. The normalized spacial score (nSPS) is 24.6. The van der Waals surface area contributed by atoms with Crippen molar-refractivity contribution in [1.82, 2.24) is 19.5 Å². The lowest BCUT2D eigenvalue weighted by Gasteiger charge is -2.17. The van der Waals surface area contributed by atoms with Crippen LogP contribution in [0.2, 0.25) is 0 Å². The molecule has 33 heavy (non-hydrogen) atoms. The first-order valence-electron chi connectivity index (χ1n) is 9.57. The van der Waals surface area contributed by atoms with Crippen LogP contribution in [0.1, 0.15) is 22.1 Å². The Morgan fingerprint density at radius 1 is 1.33 bits per heavy atom. The molecule has 1 amide bonds. The van der Waals surface area contributed by atoms with Gasteiger partial charge < -0.3 is 24.9 Å². The van der Waals surface area contributed by atoms with E-state index in [2.05, 4.69) is 37.0 Å². The van der Waals surface area contributed by atoms with Gasteiger partial charge in [0.25, 0.3) is 5.91 Å². The number of aromatic nitrogens is 4. The number of hydrogen-bond acceptors (Lipinski definition) is 10. The van der Waals surface area contributed by atoms with Crippen LogP contribution in [0.5, 0.6) is 5.88 Å². The van der Waals surface area contributed by atoms with Crippen molar-refractivity contribution in [2.24, 2.45) is 0 Å². The molecule has 1 aliphatic rings. The number of rotatable bonds is 6. The molecule has 1 fully saturated rings. The third-order valence-electron chi connectivity index (χ3n) is 4.93. The molecule has 15 heteroatoms. The Balaban J connectivity index is 1.61. The molecule has 0 bridgehead atoms. The standard InChI is InChI=1S/C18H20N5O8PS/c1-8-3-2-4-9(5-8)15(26)21-18-20-14-11(16(27)22-18)19-7-23(14)17-13(25)12(24)10(31-17)6-30-32(28,29)33/h2-5,7,10,12-13,17,24-25H,6H2,1H3,(H2,28,29,33)(H2,20,21,22,26,27)/t10-,12-,13-,17-/m1/s1. The van der Waals surface area contributed by atoms with Crippen LogP contribution in [-0.2, 0) is 13.8 Å². The molecule has 13 nitrogen and oxygen atoms in total. The highest BCUT2D eigenvalue weighted by molar-refractivity contribution is 8.44. The van der Waals surface area contributed by atoms with E-state index in [-0.39, 0.29) is 17.1 Å². The van der Waals surface area contributed by atoms with Crippen molar-refractivity contribution in [2.45, 2.75) is 31.5 Å². The van der Waals surface area contributed by atoms with Crippen molar-refractivity contribution >= 4 is 42.1 Å². The first-order valence-corrected chi connectivity index (χ1v) is 12.3. The minimum absolute atomic E-state index is 0.00175. The molecule has 3 heterocycles. The zero-order valence-electron chi connectivity index (χ0n) is 17.0. The van der Waals surface area contributed by atoms with Crippen molar-refractivity contribution in [2.75, 3.05) is 11.9 Å². The molecule has 4 rings (SSSR count). The summed E-state index contributed by atoms with van der Waals surface area (Å²) in [4.78, 5) is 33.7. The number of aryl methyl sites for hydroxylation is 1. The molecule has 2 aromatic heterocycles. The maximum Gasteiger partial charge on any atom is 0.383 e. The molecule has 0 saturated carbocycles. The third kappa shape index (κ3) is 5.01. The van der Waals surface area contributed by atoms with Gasteiger partial charge >= 0.3 is 6.80 Å². The molecule has 176 valence electrons. The van der Waals surface area contributed by atoms with E-state index in [1.54, 1.807) is 18.2 Å². The van der Waals surface area contributed by atoms with Gasteiger partial charge in [-0.2, -0.15) is 9.97 Å². The van der Waals surface area contributed by atoms with Gasteiger partial charge in [-0.05, 0) is 19.1 Å². The molecule has 1 saturated heterocycles. The highest BCUT2D eigenvalue weighted by atomic mass is 32.7. The monoisotopic (exact) mass is 497 g/mol. The van der Waals surface area contributed by atoms with E-state index in [0.29, 0.717) is 5.56 Å². The average Bonchev–Trinajstić information content (AvgIpc) is 3.28. The van der Waals surface area contributed by atoms with E-state index in [0.717, 1.165) is 5.56 Å². The molecule has 5 atom stereocenters. The second kappa shape index (κ2) is 8.99. The number of benzene rings is 1. The van der Waals surface area contributed by atoms with Gasteiger partial charge in [0.15, 0.2) is 17.4 Å². The first kappa shape index (κ1) is 23.6. The number of aromatic hydroxyl groups is 1. The fourth-order valence-corrected chi connectivity index (χ4v) is 3.91. The minimum atomic E-state index is -4.13. The molecule has 5 N–H and O–H groups in total. The predicted octanol–water partition coefficient (Wildman–Crippen LogP) is 0.759. The van der Waals surface area contributed by atoms with E-state index in [1.165, 1.54) is 10.9 Å². The van der Waals surface area contributed by atoms with E-state index < -0.39 is 49.7 Å². The Hall–Kier alpha value is -2.58. The van der Waals surface area contributed by atoms with Gasteiger partial charge in [0, 0.05) is 5.56 Å². The van der Waals surface area contributed by atoms with Gasteiger partial charge in [-0.25, -0.2) is 9.55 Å². The van der Waals surface area contributed by atoms with Crippen molar-refractivity contribution in [3.63, 3.8) is 0 Å². The van der Waals surface area contributed by atoms with Gasteiger partial charge in [0.05, 0.1) is 12.9 Å². The molecule has 3 aromatic rings. The Kier molecular flexibility index (Phi) is 6.42. The zero-order valence-corrected chi connectivity index (χ0v) is 18.8. The van der Waals surface area contributed by atoms with Crippen LogP contribution < -0.4 is 5.32 Å². The molecule has 0 radical (unpaired) electrons. The Bertz CT molecular complexity index is 1250. The quantitative estimate of drug-likeness (QED) is 0.208. The number of imidazole rings is 1. The number of aliphatic hydroxyl groups is 2. The number of carbonyl (C=O) groups excluding carboxylic acids is 1. The number of amides is 1. The fraction of sp³-hybridized carbons (Fsp3) is 0.333. The Morgan fingerprint density at radius 2 is 2.09 bits per heavy atom. The van der Waals surface area contributed by atoms with Crippen molar-refractivity contribution in [3.8, 4) is 5.88 Å². The average molecular weight is 497 g/mol. The molecule has 1 aromatic carbocycles. The van der Waals surface area contributed by atoms with Crippen LogP contribution in [-0.4, -0.2) is 70.6 Å². The van der Waals surface area contributed by atoms with Crippen LogP contribution in [0.25, 0.3) is 11.2 Å². The maximum absolute atomic E-state index is 12.5. The highest BCUT2D eigenvalue weighted by Crippen LogP contribution is 2.47. The van der Waals surface area contributed by atoms with Crippen LogP contribution in [0.3, 0.4) is 0 Å². The number of anilines is 1. The van der Waals surface area contributed by atoms with Gasteiger partial charge in [-0.1, -0.05) is 29.9 Å². The molecular formula is C18H20N5O8PS. The van der Waals surface area contributed by atoms with Crippen molar-refractivity contribution < 1.29 is 38.8 Å². The van der Waals surface area contributed by atoms with Crippen LogP contribution >= 0.6 is 19.0 Å². The number of fused-ring (bicyclic) bond motifs is 1. The summed E-state index contributed by atoms with van der Waals surface area (Å²) in [6, 6.07) is 6.82. The smallest absolute Gasteiger partial charge is 0.383 e. The van der Waals surface area contributed by atoms with Gasteiger partial charge in [-0.15, -0.1) is 0 Å². The van der Waals surface area contributed by atoms with Gasteiger partial charge in [-0.3, -0.25) is 19.2 Å². The summed E-state index contributed by atoms with van der Waals surface area (Å²) in [7, 11) is 0. The number of thiol groups is 1. The number of nitrogens with one attached hydrogen (secondary N) is 1. The number of aliphatic hydroxyl groups excluding tert-OH is 2. The zero-order chi connectivity index (χ0) is 23.9. The summed E-state index contributed by atoms with van der Waals surface area (Å²) in [5.74, 6) is -1.26. The number of carbonyl (C=O) groups is 1. The predicted molar refractivity (Wildman–Crippen MR) is 117 cm³/mol. The fourth-order valence-electron chi connectivity index (χ4n) is 3.37. The van der Waals surface area contributed by atoms with E-state index >= 15 is 0 Å². The topological polar surface area (TPSA) is 189 Å². The van der Waals surface area contributed by atoms with Gasteiger partial charge in [0.1, 0.15) is 18.3 Å². The lowest BCUT2D eigenvalue weighted by Crippen LogP contribution is -2.33. The van der Waals surface area contributed by atoms with Crippen LogP contribution in [0, 0.1) is 6.92 Å². The number of nitrogens with zero attached hydrogens (tertiary/aromatic N) is 4.